The molecule has 0 unspecified atom stereocenters. The van der Waals surface area contributed by atoms with Gasteiger partial charge in [-0.15, -0.1) is 5.10 Å². The minimum Gasteiger partial charge on any atom is -0.292 e. The van der Waals surface area contributed by atoms with Crippen LogP contribution in [0.15, 0.2) is 29.2 Å². The first kappa shape index (κ1) is 14.1. The summed E-state index contributed by atoms with van der Waals surface area (Å²) in [5, 5.41) is 9.32. The van der Waals surface area contributed by atoms with E-state index >= 15 is 0 Å². The van der Waals surface area contributed by atoms with Crippen molar-refractivity contribution in [1.82, 2.24) is 24.5 Å². The molecule has 0 amide bonds. The Balaban J connectivity index is 1.87. The number of fused-ring (bicyclic) bond motifs is 2. The van der Waals surface area contributed by atoms with Crippen molar-refractivity contribution in [2.24, 2.45) is 0 Å². The van der Waals surface area contributed by atoms with Crippen LogP contribution in [0.1, 0.15) is 24.9 Å². The number of hydrogen-bond donors (Lipinski definition) is 0. The maximum absolute atomic E-state index is 12.6. The summed E-state index contributed by atoms with van der Waals surface area (Å²) < 4.78 is 3.48. The molecule has 6 nitrogen and oxygen atoms in total. The van der Waals surface area contributed by atoms with E-state index in [1.807, 2.05) is 19.2 Å². The highest BCUT2D eigenvalue weighted by molar-refractivity contribution is 6.31. The van der Waals surface area contributed by atoms with E-state index in [-0.39, 0.29) is 5.56 Å². The van der Waals surface area contributed by atoms with Crippen LogP contribution in [0.3, 0.4) is 0 Å². The van der Waals surface area contributed by atoms with Crippen molar-refractivity contribution < 1.29 is 0 Å². The lowest BCUT2D eigenvalue weighted by Crippen LogP contribution is -2.20. The zero-order valence-electron chi connectivity index (χ0n) is 12.5. The molecule has 0 spiro atoms. The largest absolute Gasteiger partial charge is 0.292 e. The molecule has 1 aliphatic rings. The van der Waals surface area contributed by atoms with Crippen molar-refractivity contribution >= 4 is 34.2 Å². The molecule has 0 fully saturated rings. The van der Waals surface area contributed by atoms with E-state index in [1.54, 1.807) is 27.4 Å². The molecular formula is C16H14ClN5O. The van der Waals surface area contributed by atoms with Gasteiger partial charge in [-0.25, -0.2) is 4.98 Å². The Bertz CT molecular complexity index is 1000. The Kier molecular flexibility index (Phi) is 3.27. The van der Waals surface area contributed by atoms with Crippen molar-refractivity contribution in [3.8, 4) is 0 Å². The second-order valence-corrected chi connectivity index (χ2v) is 5.91. The lowest BCUT2D eigenvalue weighted by atomic mass is 10.2. The van der Waals surface area contributed by atoms with Crippen molar-refractivity contribution in [3.63, 3.8) is 0 Å². The summed E-state index contributed by atoms with van der Waals surface area (Å²) in [5.41, 5.74) is 2.36. The number of rotatable bonds is 2. The number of allylic oxidation sites excluding steroid dienone is 1. The molecule has 0 atom stereocenters. The molecule has 116 valence electrons. The topological polar surface area (TPSA) is 65.6 Å². The fourth-order valence-electron chi connectivity index (χ4n) is 2.84. The van der Waals surface area contributed by atoms with Crippen LogP contribution in [0.4, 0.5) is 0 Å². The van der Waals surface area contributed by atoms with Crippen LogP contribution >= 0.6 is 11.6 Å². The monoisotopic (exact) mass is 327 g/mol. The minimum atomic E-state index is -0.0257. The van der Waals surface area contributed by atoms with E-state index in [1.165, 1.54) is 0 Å². The van der Waals surface area contributed by atoms with Gasteiger partial charge in [0.25, 0.3) is 5.56 Å². The second-order valence-electron chi connectivity index (χ2n) is 5.47. The Hall–Kier alpha value is -2.47. The summed E-state index contributed by atoms with van der Waals surface area (Å²) in [5.74, 6) is 0.691. The molecule has 0 saturated heterocycles. The van der Waals surface area contributed by atoms with E-state index in [9.17, 15) is 4.79 Å². The van der Waals surface area contributed by atoms with Crippen LogP contribution in [0, 0.1) is 0 Å². The van der Waals surface area contributed by atoms with Gasteiger partial charge in [0.2, 0.25) is 0 Å². The number of aryl methyl sites for hydroxylation is 1. The van der Waals surface area contributed by atoms with Crippen molar-refractivity contribution in [3.05, 3.63) is 51.3 Å². The van der Waals surface area contributed by atoms with Gasteiger partial charge < -0.3 is 0 Å². The molecule has 23 heavy (non-hydrogen) atoms. The average molecular weight is 328 g/mol. The maximum Gasteiger partial charge on any atom is 0.261 e. The zero-order valence-corrected chi connectivity index (χ0v) is 13.3. The van der Waals surface area contributed by atoms with Crippen LogP contribution in [0.2, 0.25) is 5.02 Å². The number of benzene rings is 1. The van der Waals surface area contributed by atoms with Crippen LogP contribution in [0.25, 0.3) is 22.6 Å². The van der Waals surface area contributed by atoms with E-state index in [0.29, 0.717) is 28.3 Å². The fraction of sp³-hybridized carbons (Fsp3) is 0.250. The quantitative estimate of drug-likeness (QED) is 0.725. The molecule has 3 aromatic rings. The van der Waals surface area contributed by atoms with Gasteiger partial charge in [-0.3, -0.25) is 14.0 Å². The summed E-state index contributed by atoms with van der Waals surface area (Å²) in [4.78, 5) is 17.2. The molecular weight excluding hydrogens is 314 g/mol. The van der Waals surface area contributed by atoms with Crippen molar-refractivity contribution in [1.29, 1.82) is 0 Å². The third kappa shape index (κ3) is 2.35. The highest BCUT2D eigenvalue weighted by Crippen LogP contribution is 2.27. The molecule has 1 aromatic carbocycles. The maximum atomic E-state index is 12.6. The molecule has 0 aliphatic carbocycles. The lowest BCUT2D eigenvalue weighted by Gasteiger charge is -2.05. The first-order chi connectivity index (χ1) is 11.2. The first-order valence-corrected chi connectivity index (χ1v) is 7.84. The molecule has 4 rings (SSSR count). The summed E-state index contributed by atoms with van der Waals surface area (Å²) in [6.07, 6.45) is 4.58. The van der Waals surface area contributed by atoms with Gasteiger partial charge in [0, 0.05) is 18.1 Å². The number of nitrogens with zero attached hydrogens (tertiary/aromatic N) is 5. The van der Waals surface area contributed by atoms with Gasteiger partial charge in [-0.1, -0.05) is 16.8 Å². The highest BCUT2D eigenvalue weighted by atomic mass is 35.5. The first-order valence-electron chi connectivity index (χ1n) is 7.47. The second kappa shape index (κ2) is 5.31. The van der Waals surface area contributed by atoms with Gasteiger partial charge in [0.05, 0.1) is 17.1 Å². The number of hydrogen-bond acceptors (Lipinski definition) is 4. The smallest absolute Gasteiger partial charge is 0.261 e. The van der Waals surface area contributed by atoms with Gasteiger partial charge in [0.1, 0.15) is 11.5 Å². The van der Waals surface area contributed by atoms with E-state index in [4.69, 9.17) is 11.6 Å². The van der Waals surface area contributed by atoms with E-state index < -0.39 is 0 Å². The molecule has 0 bridgehead atoms. The molecule has 0 saturated carbocycles. The SMILES string of the molecule is CCn1cc(/C=C2\CCn3c2nc2cc(Cl)ccc2c3=O)nn1. The van der Waals surface area contributed by atoms with Crippen LogP contribution in [0.5, 0.6) is 0 Å². The van der Waals surface area contributed by atoms with E-state index in [0.717, 1.165) is 24.2 Å². The molecule has 0 N–H and O–H groups in total. The Labute approximate surface area is 137 Å². The number of halogens is 1. The summed E-state index contributed by atoms with van der Waals surface area (Å²) >= 11 is 6.02. The highest BCUT2D eigenvalue weighted by Gasteiger charge is 2.21. The van der Waals surface area contributed by atoms with Crippen LogP contribution < -0.4 is 5.56 Å². The number of aromatic nitrogens is 5. The van der Waals surface area contributed by atoms with Gasteiger partial charge in [-0.2, -0.15) is 0 Å². The normalized spacial score (nSPS) is 15.5. The molecule has 7 heteroatoms. The summed E-state index contributed by atoms with van der Waals surface area (Å²) in [6.45, 7) is 3.41. The predicted molar refractivity (Wildman–Crippen MR) is 89.2 cm³/mol. The molecule has 2 aromatic heterocycles. The lowest BCUT2D eigenvalue weighted by molar-refractivity contribution is 0.627. The Morgan fingerprint density at radius 3 is 3.04 bits per heavy atom. The average Bonchev–Trinajstić information content (AvgIpc) is 3.15. The van der Waals surface area contributed by atoms with Crippen molar-refractivity contribution in [2.45, 2.75) is 26.4 Å². The van der Waals surface area contributed by atoms with Gasteiger partial charge in [0.15, 0.2) is 0 Å². The molecule has 3 heterocycles. The van der Waals surface area contributed by atoms with E-state index in [2.05, 4.69) is 15.3 Å². The Morgan fingerprint density at radius 2 is 2.26 bits per heavy atom. The van der Waals surface area contributed by atoms with Gasteiger partial charge in [-0.05, 0) is 43.2 Å². The fourth-order valence-corrected chi connectivity index (χ4v) is 3.01. The summed E-state index contributed by atoms with van der Waals surface area (Å²) in [6, 6.07) is 5.17. The molecule has 1 aliphatic heterocycles. The zero-order chi connectivity index (χ0) is 16.0. The third-order valence-electron chi connectivity index (χ3n) is 4.01. The Morgan fingerprint density at radius 1 is 1.39 bits per heavy atom. The van der Waals surface area contributed by atoms with Crippen LogP contribution in [-0.4, -0.2) is 24.5 Å². The standard InChI is InChI=1S/C16H14ClN5O/c1-2-21-9-12(19-20-21)7-10-5-6-22-15(10)18-14-8-11(17)3-4-13(14)16(22)23/h3-4,7-9H,2,5-6H2,1H3/b10-7+. The van der Waals surface area contributed by atoms with Crippen molar-refractivity contribution in [2.75, 3.05) is 0 Å². The predicted octanol–water partition coefficient (Wildman–Crippen LogP) is 2.61. The molecule has 0 radical (unpaired) electrons. The van der Waals surface area contributed by atoms with Gasteiger partial charge >= 0.3 is 0 Å². The van der Waals surface area contributed by atoms with Crippen LogP contribution in [-0.2, 0) is 13.1 Å². The third-order valence-corrected chi connectivity index (χ3v) is 4.25. The minimum absolute atomic E-state index is 0.0257. The summed E-state index contributed by atoms with van der Waals surface area (Å²) in [7, 11) is 0.